The number of rotatable bonds is 7. The molecule has 0 bridgehead atoms. The third kappa shape index (κ3) is 3.67. The predicted octanol–water partition coefficient (Wildman–Crippen LogP) is 3.58. The Bertz CT molecular complexity index is 753. The minimum Gasteiger partial charge on any atom is -0.497 e. The summed E-state index contributed by atoms with van der Waals surface area (Å²) in [5, 5.41) is 12.8. The van der Waals surface area contributed by atoms with Gasteiger partial charge < -0.3 is 14.3 Å². The van der Waals surface area contributed by atoms with Gasteiger partial charge in [0, 0.05) is 17.5 Å². The number of nitrogens with zero attached hydrogens (tertiary/aromatic N) is 2. The van der Waals surface area contributed by atoms with Crippen molar-refractivity contribution in [3.63, 3.8) is 0 Å². The summed E-state index contributed by atoms with van der Waals surface area (Å²) in [6.45, 7) is 0.702. The average Bonchev–Trinajstić information content (AvgIpc) is 3.27. The van der Waals surface area contributed by atoms with E-state index in [-0.39, 0.29) is 12.6 Å². The molecule has 1 N–H and O–H groups in total. The molecule has 1 aromatic carbocycles. The Morgan fingerprint density at radius 2 is 2.08 bits per heavy atom. The van der Waals surface area contributed by atoms with Gasteiger partial charge in [0.1, 0.15) is 17.0 Å². The van der Waals surface area contributed by atoms with Gasteiger partial charge in [-0.2, -0.15) is 0 Å². The summed E-state index contributed by atoms with van der Waals surface area (Å²) in [4.78, 5) is 6.74. The molecule has 2 heterocycles. The maximum Gasteiger partial charge on any atom is 0.126 e. The van der Waals surface area contributed by atoms with Crippen LogP contribution in [-0.4, -0.2) is 35.8 Å². The van der Waals surface area contributed by atoms with E-state index >= 15 is 0 Å². The molecular weight excluding hydrogens is 324 g/mol. The summed E-state index contributed by atoms with van der Waals surface area (Å²) in [6.07, 6.45) is 3.34. The molecule has 0 fully saturated rings. The second-order valence-electron chi connectivity index (χ2n) is 5.54. The summed E-state index contributed by atoms with van der Waals surface area (Å²) in [5.74, 6) is 0.808. The van der Waals surface area contributed by atoms with Crippen molar-refractivity contribution in [3.8, 4) is 16.3 Å². The normalized spacial score (nSPS) is 12.5. The van der Waals surface area contributed by atoms with Crippen LogP contribution in [0.1, 0.15) is 17.3 Å². The molecule has 3 aromatic rings. The lowest BCUT2D eigenvalue weighted by molar-refractivity contribution is 0.141. The fraction of sp³-hybridized carbons (Fsp3) is 0.278. The molecule has 0 saturated heterocycles. The van der Waals surface area contributed by atoms with Gasteiger partial charge in [-0.25, -0.2) is 4.98 Å². The van der Waals surface area contributed by atoms with Crippen LogP contribution in [0.2, 0.25) is 0 Å². The molecule has 0 saturated carbocycles. The van der Waals surface area contributed by atoms with Gasteiger partial charge in [-0.1, -0.05) is 12.1 Å². The van der Waals surface area contributed by atoms with Crippen LogP contribution >= 0.6 is 11.3 Å². The number of aliphatic hydroxyl groups is 1. The van der Waals surface area contributed by atoms with Crippen molar-refractivity contribution in [2.75, 3.05) is 20.8 Å². The van der Waals surface area contributed by atoms with E-state index in [1.807, 2.05) is 42.8 Å². The van der Waals surface area contributed by atoms with Gasteiger partial charge in [-0.05, 0) is 30.8 Å². The highest BCUT2D eigenvalue weighted by molar-refractivity contribution is 7.13. The van der Waals surface area contributed by atoms with Gasteiger partial charge in [0.05, 0.1) is 31.7 Å². The molecule has 126 valence electrons. The fourth-order valence-electron chi connectivity index (χ4n) is 2.59. The molecule has 0 aliphatic heterocycles. The Morgan fingerprint density at radius 1 is 1.29 bits per heavy atom. The molecule has 0 amide bonds. The number of hydrogen-bond donors (Lipinski definition) is 1. The number of methoxy groups -OCH3 is 1. The SMILES string of the molecule is COc1ccc([C@H](CO)N(C)Cc2csc(-c3ccoc3)n2)cc1. The predicted molar refractivity (Wildman–Crippen MR) is 94.1 cm³/mol. The molecular formula is C18H20N2O3S. The van der Waals surface area contributed by atoms with Crippen molar-refractivity contribution in [3.05, 3.63) is 59.5 Å². The molecule has 0 radical (unpaired) electrons. The second kappa shape index (κ2) is 7.61. The Balaban J connectivity index is 1.71. The first-order chi connectivity index (χ1) is 11.7. The first kappa shape index (κ1) is 16.7. The molecule has 5 nitrogen and oxygen atoms in total. The minimum absolute atomic E-state index is 0.0432. The zero-order valence-corrected chi connectivity index (χ0v) is 14.5. The smallest absolute Gasteiger partial charge is 0.126 e. The summed E-state index contributed by atoms with van der Waals surface area (Å²) < 4.78 is 10.3. The highest BCUT2D eigenvalue weighted by atomic mass is 32.1. The first-order valence-corrected chi connectivity index (χ1v) is 8.51. The molecule has 24 heavy (non-hydrogen) atoms. The van der Waals surface area contributed by atoms with Crippen molar-refractivity contribution in [1.29, 1.82) is 0 Å². The number of aromatic nitrogens is 1. The standard InChI is InChI=1S/C18H20N2O3S/c1-20(17(10-21)13-3-5-16(22-2)6-4-13)9-15-12-24-18(19-15)14-7-8-23-11-14/h3-8,11-12,17,21H,9-10H2,1-2H3/t17-/m0/s1. The van der Waals surface area contributed by atoms with Gasteiger partial charge >= 0.3 is 0 Å². The van der Waals surface area contributed by atoms with Crippen molar-refractivity contribution >= 4 is 11.3 Å². The van der Waals surface area contributed by atoms with Gasteiger partial charge in [-0.3, -0.25) is 4.90 Å². The molecule has 1 atom stereocenters. The van der Waals surface area contributed by atoms with Crippen molar-refractivity contribution in [2.45, 2.75) is 12.6 Å². The van der Waals surface area contributed by atoms with Crippen LogP contribution in [0.25, 0.3) is 10.6 Å². The summed E-state index contributed by atoms with van der Waals surface area (Å²) in [7, 11) is 3.63. The number of thiazole rings is 1. The molecule has 0 aliphatic carbocycles. The van der Waals surface area contributed by atoms with E-state index in [2.05, 4.69) is 9.88 Å². The topological polar surface area (TPSA) is 58.7 Å². The third-order valence-corrected chi connectivity index (χ3v) is 4.88. The Labute approximate surface area is 145 Å². The highest BCUT2D eigenvalue weighted by Crippen LogP contribution is 2.27. The molecule has 3 rings (SSSR count). The summed E-state index contributed by atoms with van der Waals surface area (Å²) in [6, 6.07) is 9.59. The number of likely N-dealkylation sites (N-methyl/N-ethyl adjacent to an activating group) is 1. The van der Waals surface area contributed by atoms with E-state index in [1.54, 1.807) is 31.0 Å². The Hall–Kier alpha value is -2.15. The lowest BCUT2D eigenvalue weighted by Crippen LogP contribution is -2.27. The molecule has 2 aromatic heterocycles. The quantitative estimate of drug-likeness (QED) is 0.710. The van der Waals surface area contributed by atoms with Gasteiger partial charge in [0.2, 0.25) is 0 Å². The lowest BCUT2D eigenvalue weighted by Gasteiger charge is -2.26. The summed E-state index contributed by atoms with van der Waals surface area (Å²) in [5.41, 5.74) is 3.01. The maximum atomic E-state index is 9.81. The van der Waals surface area contributed by atoms with Crippen molar-refractivity contribution in [2.24, 2.45) is 0 Å². The van der Waals surface area contributed by atoms with Crippen molar-refractivity contribution in [1.82, 2.24) is 9.88 Å². The molecule has 0 unspecified atom stereocenters. The summed E-state index contributed by atoms with van der Waals surface area (Å²) >= 11 is 1.59. The van der Waals surface area contributed by atoms with Gasteiger partial charge in [-0.15, -0.1) is 11.3 Å². The zero-order valence-electron chi connectivity index (χ0n) is 13.7. The zero-order chi connectivity index (χ0) is 16.9. The average molecular weight is 344 g/mol. The number of aliphatic hydroxyl groups excluding tert-OH is 1. The molecule has 0 spiro atoms. The van der Waals surface area contributed by atoms with E-state index < -0.39 is 0 Å². The van der Waals surface area contributed by atoms with Crippen LogP contribution in [0, 0.1) is 0 Å². The lowest BCUT2D eigenvalue weighted by atomic mass is 10.1. The number of benzene rings is 1. The second-order valence-corrected chi connectivity index (χ2v) is 6.40. The fourth-order valence-corrected chi connectivity index (χ4v) is 3.39. The van der Waals surface area contributed by atoms with E-state index in [0.29, 0.717) is 6.54 Å². The van der Waals surface area contributed by atoms with Crippen LogP contribution in [0.15, 0.2) is 52.7 Å². The van der Waals surface area contributed by atoms with Gasteiger partial charge in [0.25, 0.3) is 0 Å². The number of hydrogen-bond acceptors (Lipinski definition) is 6. The van der Waals surface area contributed by atoms with Crippen LogP contribution in [0.5, 0.6) is 5.75 Å². The highest BCUT2D eigenvalue weighted by Gasteiger charge is 2.18. The Kier molecular flexibility index (Phi) is 5.30. The van der Waals surface area contributed by atoms with Gasteiger partial charge in [0.15, 0.2) is 0 Å². The van der Waals surface area contributed by atoms with Crippen LogP contribution in [-0.2, 0) is 6.54 Å². The maximum absolute atomic E-state index is 9.81. The minimum atomic E-state index is -0.0880. The number of furan rings is 1. The van der Waals surface area contributed by atoms with E-state index in [0.717, 1.165) is 27.6 Å². The van der Waals surface area contributed by atoms with E-state index in [1.165, 1.54) is 0 Å². The Morgan fingerprint density at radius 3 is 2.71 bits per heavy atom. The van der Waals surface area contributed by atoms with Crippen LogP contribution in [0.3, 0.4) is 0 Å². The third-order valence-electron chi connectivity index (χ3n) is 3.94. The number of ether oxygens (including phenoxy) is 1. The monoisotopic (exact) mass is 344 g/mol. The molecule has 0 aliphatic rings. The first-order valence-electron chi connectivity index (χ1n) is 7.63. The van der Waals surface area contributed by atoms with Crippen LogP contribution in [0.4, 0.5) is 0 Å². The molecule has 6 heteroatoms. The van der Waals surface area contributed by atoms with E-state index in [9.17, 15) is 5.11 Å². The van der Waals surface area contributed by atoms with Crippen LogP contribution < -0.4 is 4.74 Å². The largest absolute Gasteiger partial charge is 0.497 e. The van der Waals surface area contributed by atoms with Crippen molar-refractivity contribution < 1.29 is 14.3 Å². The van der Waals surface area contributed by atoms with E-state index in [4.69, 9.17) is 9.15 Å².